The van der Waals surface area contributed by atoms with E-state index in [4.69, 9.17) is 5.11 Å². The molecule has 0 fully saturated rings. The van der Waals surface area contributed by atoms with Gasteiger partial charge in [0, 0.05) is 24.3 Å². The zero-order valence-corrected chi connectivity index (χ0v) is 23.8. The maximum atomic E-state index is 12.7. The van der Waals surface area contributed by atoms with Gasteiger partial charge >= 0.3 is 5.97 Å². The zero-order valence-electron chi connectivity index (χ0n) is 18.9. The largest absolute Gasteiger partial charge is 0.481 e. The standard InChI is InChI=1S/C20H24N2O8S6/c1-35(27,28)19-6-5-17(34-19)20(26)21-7-8-32-33-12-13-3-2-4-14(9-13)36(29,30)22-15(10-18(24)25)16(23)11-31/h2-6,9,15,22,31H,7-8,10-12H2,1H3,(H,21,26)(H,24,25)/t15-/m0/s1. The molecule has 16 heteroatoms. The number of rotatable bonds is 15. The van der Waals surface area contributed by atoms with Crippen molar-refractivity contribution in [1.29, 1.82) is 0 Å². The summed E-state index contributed by atoms with van der Waals surface area (Å²) in [5, 5.41) is 11.7. The highest BCUT2D eigenvalue weighted by Gasteiger charge is 2.27. The van der Waals surface area contributed by atoms with Gasteiger partial charge in [0.15, 0.2) is 15.6 Å². The molecule has 1 atom stereocenters. The van der Waals surface area contributed by atoms with Crippen LogP contribution in [0.4, 0.5) is 0 Å². The van der Waals surface area contributed by atoms with E-state index >= 15 is 0 Å². The molecule has 1 heterocycles. The van der Waals surface area contributed by atoms with Gasteiger partial charge in [-0.2, -0.15) is 12.6 Å². The summed E-state index contributed by atoms with van der Waals surface area (Å²) in [6.45, 7) is 0.352. The first-order valence-electron chi connectivity index (χ1n) is 10.1. The van der Waals surface area contributed by atoms with E-state index in [1.807, 2.05) is 0 Å². The molecule has 0 aliphatic heterocycles. The van der Waals surface area contributed by atoms with Crippen molar-refractivity contribution in [3.8, 4) is 0 Å². The molecule has 0 radical (unpaired) electrons. The summed E-state index contributed by atoms with van der Waals surface area (Å²) in [7, 11) is -4.59. The van der Waals surface area contributed by atoms with Gasteiger partial charge in [0.2, 0.25) is 10.0 Å². The van der Waals surface area contributed by atoms with Crippen molar-refractivity contribution in [2.45, 2.75) is 27.3 Å². The molecular weight excluding hydrogens is 589 g/mol. The van der Waals surface area contributed by atoms with E-state index in [-0.39, 0.29) is 20.8 Å². The molecule has 1 amide bonds. The van der Waals surface area contributed by atoms with Crippen molar-refractivity contribution in [2.75, 3.05) is 24.3 Å². The van der Waals surface area contributed by atoms with Gasteiger partial charge in [0.05, 0.1) is 28.0 Å². The molecular formula is C20H24N2O8S6. The number of carbonyl (C=O) groups is 3. The molecule has 0 unspecified atom stereocenters. The van der Waals surface area contributed by atoms with E-state index in [2.05, 4.69) is 22.7 Å². The molecule has 0 spiro atoms. The molecule has 1 aromatic carbocycles. The van der Waals surface area contributed by atoms with E-state index in [0.717, 1.165) is 17.6 Å². The average molecular weight is 613 g/mol. The Balaban J connectivity index is 1.84. The predicted octanol–water partition coefficient (Wildman–Crippen LogP) is 2.08. The van der Waals surface area contributed by atoms with Crippen LogP contribution < -0.4 is 10.0 Å². The number of nitrogens with one attached hydrogen (secondary N) is 2. The number of hydrogen-bond donors (Lipinski definition) is 4. The third-order valence-corrected chi connectivity index (χ3v) is 11.4. The Morgan fingerprint density at radius 1 is 1.11 bits per heavy atom. The number of thiophene rings is 1. The van der Waals surface area contributed by atoms with Gasteiger partial charge in [-0.15, -0.1) is 11.3 Å². The fourth-order valence-electron chi connectivity index (χ4n) is 2.67. The van der Waals surface area contributed by atoms with Crippen molar-refractivity contribution in [3.05, 3.63) is 46.8 Å². The molecule has 0 saturated carbocycles. The molecule has 0 aliphatic rings. The van der Waals surface area contributed by atoms with Crippen LogP contribution in [0.2, 0.25) is 0 Å². The monoisotopic (exact) mass is 612 g/mol. The molecule has 1 aromatic heterocycles. The smallest absolute Gasteiger partial charge is 0.305 e. The van der Waals surface area contributed by atoms with Gasteiger partial charge in [-0.1, -0.05) is 33.7 Å². The maximum absolute atomic E-state index is 12.7. The topological polar surface area (TPSA) is 164 Å². The highest BCUT2D eigenvalue weighted by Crippen LogP contribution is 2.27. The Morgan fingerprint density at radius 3 is 2.44 bits per heavy atom. The Labute approximate surface area is 226 Å². The number of thiol groups is 1. The third kappa shape index (κ3) is 9.72. The van der Waals surface area contributed by atoms with Crippen molar-refractivity contribution in [1.82, 2.24) is 10.0 Å². The lowest BCUT2D eigenvalue weighted by molar-refractivity contribution is -0.139. The Kier molecular flexibility index (Phi) is 11.8. The first kappa shape index (κ1) is 30.7. The second-order valence-corrected chi connectivity index (χ2v) is 15.2. The number of Topliss-reactive ketones (excluding diaryl/α,β-unsaturated/α-hetero) is 1. The number of amides is 1. The first-order chi connectivity index (χ1) is 16.8. The van der Waals surface area contributed by atoms with Crippen LogP contribution >= 0.6 is 45.6 Å². The van der Waals surface area contributed by atoms with E-state index in [1.54, 1.807) is 12.1 Å². The highest BCUT2D eigenvalue weighted by molar-refractivity contribution is 8.76. The summed E-state index contributed by atoms with van der Waals surface area (Å²) in [6, 6.07) is 7.52. The number of carboxylic acid groups (broad SMARTS) is 1. The fourth-order valence-corrected chi connectivity index (χ4v) is 7.99. The maximum Gasteiger partial charge on any atom is 0.305 e. The second-order valence-electron chi connectivity index (χ2n) is 7.27. The minimum atomic E-state index is -4.13. The number of ketones is 1. The predicted molar refractivity (Wildman–Crippen MR) is 145 cm³/mol. The molecule has 0 saturated heterocycles. The normalized spacial score (nSPS) is 12.7. The minimum absolute atomic E-state index is 0.0929. The number of sulfone groups is 1. The van der Waals surface area contributed by atoms with Gasteiger partial charge in [-0.25, -0.2) is 21.6 Å². The van der Waals surface area contributed by atoms with Crippen LogP contribution in [0.15, 0.2) is 45.5 Å². The van der Waals surface area contributed by atoms with Gasteiger partial charge in [-0.3, -0.25) is 14.4 Å². The molecule has 198 valence electrons. The molecule has 0 bridgehead atoms. The number of sulfonamides is 1. The lowest BCUT2D eigenvalue weighted by Gasteiger charge is -2.15. The fraction of sp³-hybridized carbons (Fsp3) is 0.350. The van der Waals surface area contributed by atoms with Gasteiger partial charge in [-0.05, 0) is 29.8 Å². The lowest BCUT2D eigenvalue weighted by Crippen LogP contribution is -2.42. The SMILES string of the molecule is CS(=O)(=O)c1ccc(C(=O)NCCSSCc2cccc(S(=O)(=O)N[C@@H](CC(=O)O)C(=O)CS)c2)s1. The summed E-state index contributed by atoms with van der Waals surface area (Å²) >= 11 is 4.72. The molecule has 2 rings (SSSR count). The molecule has 3 N–H and O–H groups in total. The van der Waals surface area contributed by atoms with Crippen molar-refractivity contribution >= 4 is 83.1 Å². The van der Waals surface area contributed by atoms with Crippen LogP contribution in [0.25, 0.3) is 0 Å². The second kappa shape index (κ2) is 13.8. The van der Waals surface area contributed by atoms with E-state index < -0.39 is 44.1 Å². The zero-order chi connectivity index (χ0) is 26.9. The average Bonchev–Trinajstić information content (AvgIpc) is 3.31. The van der Waals surface area contributed by atoms with Gasteiger partial charge in [0.25, 0.3) is 5.91 Å². The summed E-state index contributed by atoms with van der Waals surface area (Å²) in [4.78, 5) is 35.2. The van der Waals surface area contributed by atoms with Crippen LogP contribution in [-0.2, 0) is 35.2 Å². The summed E-state index contributed by atoms with van der Waals surface area (Å²) in [6.07, 6.45) is 0.392. The van der Waals surface area contributed by atoms with Crippen LogP contribution in [0.3, 0.4) is 0 Å². The number of aliphatic carboxylic acids is 1. The first-order valence-corrected chi connectivity index (χ1v) is 17.4. The molecule has 0 aliphatic carbocycles. The number of carbonyl (C=O) groups excluding carboxylic acids is 2. The minimum Gasteiger partial charge on any atom is -0.481 e. The lowest BCUT2D eigenvalue weighted by atomic mass is 10.1. The van der Waals surface area contributed by atoms with E-state index in [9.17, 15) is 31.2 Å². The van der Waals surface area contributed by atoms with Crippen molar-refractivity contribution in [3.63, 3.8) is 0 Å². The Hall–Kier alpha value is -1.56. The molecule has 2 aromatic rings. The Bertz CT molecular complexity index is 1310. The van der Waals surface area contributed by atoms with Crippen molar-refractivity contribution < 1.29 is 36.3 Å². The van der Waals surface area contributed by atoms with E-state index in [0.29, 0.717) is 28.5 Å². The van der Waals surface area contributed by atoms with E-state index in [1.165, 1.54) is 45.9 Å². The van der Waals surface area contributed by atoms with Crippen LogP contribution in [-0.4, -0.2) is 69.9 Å². The summed E-state index contributed by atoms with van der Waals surface area (Å²) in [5.74, 6) is -1.60. The van der Waals surface area contributed by atoms with Gasteiger partial charge < -0.3 is 10.4 Å². The molecule has 10 nitrogen and oxygen atoms in total. The third-order valence-electron chi connectivity index (χ3n) is 4.38. The molecule has 36 heavy (non-hydrogen) atoms. The highest BCUT2D eigenvalue weighted by atomic mass is 33.1. The van der Waals surface area contributed by atoms with Crippen LogP contribution in [0.5, 0.6) is 0 Å². The quantitative estimate of drug-likeness (QED) is 0.133. The van der Waals surface area contributed by atoms with Crippen molar-refractivity contribution in [2.24, 2.45) is 0 Å². The number of benzene rings is 1. The van der Waals surface area contributed by atoms with Crippen LogP contribution in [0.1, 0.15) is 21.7 Å². The Morgan fingerprint density at radius 2 is 1.83 bits per heavy atom. The van der Waals surface area contributed by atoms with Gasteiger partial charge in [0.1, 0.15) is 4.21 Å². The number of hydrogen-bond acceptors (Lipinski definition) is 11. The summed E-state index contributed by atoms with van der Waals surface area (Å²) in [5.41, 5.74) is 0.696. The van der Waals surface area contributed by atoms with Crippen LogP contribution in [0, 0.1) is 0 Å². The summed E-state index contributed by atoms with van der Waals surface area (Å²) < 4.78 is 50.7. The number of carboxylic acids is 1.